The van der Waals surface area contributed by atoms with Crippen molar-refractivity contribution in [3.63, 3.8) is 0 Å². The van der Waals surface area contributed by atoms with Gasteiger partial charge < -0.3 is 14.2 Å². The van der Waals surface area contributed by atoms with Crippen LogP contribution in [0, 0.1) is 0 Å². The predicted molar refractivity (Wildman–Crippen MR) is 256 cm³/mol. The number of carbonyl (C=O) groups excluding carboxylic acids is 3. The van der Waals surface area contributed by atoms with Gasteiger partial charge in [0.25, 0.3) is 0 Å². The van der Waals surface area contributed by atoms with Gasteiger partial charge in [-0.2, -0.15) is 0 Å². The van der Waals surface area contributed by atoms with Crippen LogP contribution < -0.4 is 0 Å². The van der Waals surface area contributed by atoms with Crippen LogP contribution in [0.4, 0.5) is 0 Å². The lowest BCUT2D eigenvalue weighted by atomic mass is 10.1. The zero-order valence-electron chi connectivity index (χ0n) is 40.2. The summed E-state index contributed by atoms with van der Waals surface area (Å²) < 4.78 is 16.8. The highest BCUT2D eigenvalue weighted by atomic mass is 16.6. The van der Waals surface area contributed by atoms with Gasteiger partial charge in [0.05, 0.1) is 0 Å². The standard InChI is InChI=1S/C54H100O6/c1-4-7-10-13-16-19-22-24-26-27-29-30-32-35-38-41-44-47-53(56)59-50-51(49-58-52(55)46-43-40-37-34-21-18-15-12-9-6-3)60-54(57)48-45-42-39-36-33-31-28-25-23-20-17-14-11-8-5-2/h20,23-24,26,51H,4-19,21-22,25,27-50H2,1-3H3/b23-20-,26-24-. The first-order valence-corrected chi connectivity index (χ1v) is 26.3. The summed E-state index contributed by atoms with van der Waals surface area (Å²) >= 11 is 0. The molecule has 0 bridgehead atoms. The highest BCUT2D eigenvalue weighted by molar-refractivity contribution is 5.71. The average Bonchev–Trinajstić information content (AvgIpc) is 3.24. The van der Waals surface area contributed by atoms with Crippen molar-refractivity contribution in [2.24, 2.45) is 0 Å². The van der Waals surface area contributed by atoms with E-state index in [0.717, 1.165) is 57.8 Å². The van der Waals surface area contributed by atoms with Crippen LogP contribution in [0.3, 0.4) is 0 Å². The van der Waals surface area contributed by atoms with E-state index in [1.807, 2.05) is 0 Å². The first kappa shape index (κ1) is 57.9. The fourth-order valence-corrected chi connectivity index (χ4v) is 7.67. The third kappa shape index (κ3) is 46.9. The Morgan fingerprint density at radius 1 is 0.317 bits per heavy atom. The first-order valence-electron chi connectivity index (χ1n) is 26.3. The van der Waals surface area contributed by atoms with Crippen LogP contribution in [-0.4, -0.2) is 37.2 Å². The maximum atomic E-state index is 12.8. The minimum atomic E-state index is -0.770. The summed E-state index contributed by atoms with van der Waals surface area (Å²) in [7, 11) is 0. The number of rotatable bonds is 48. The van der Waals surface area contributed by atoms with Crippen LogP contribution in [0.5, 0.6) is 0 Å². The van der Waals surface area contributed by atoms with Gasteiger partial charge in [-0.15, -0.1) is 0 Å². The molecule has 0 heterocycles. The molecule has 0 aliphatic heterocycles. The number of hydrogen-bond donors (Lipinski definition) is 0. The van der Waals surface area contributed by atoms with E-state index in [-0.39, 0.29) is 31.1 Å². The maximum absolute atomic E-state index is 12.8. The molecule has 6 heteroatoms. The molecule has 0 saturated carbocycles. The Morgan fingerprint density at radius 3 is 0.850 bits per heavy atom. The lowest BCUT2D eigenvalue weighted by Crippen LogP contribution is -2.30. The Kier molecular flexibility index (Phi) is 47.8. The molecule has 0 aromatic heterocycles. The van der Waals surface area contributed by atoms with E-state index < -0.39 is 6.10 Å². The van der Waals surface area contributed by atoms with Crippen LogP contribution in [-0.2, 0) is 28.6 Å². The van der Waals surface area contributed by atoms with E-state index in [9.17, 15) is 14.4 Å². The third-order valence-corrected chi connectivity index (χ3v) is 11.7. The van der Waals surface area contributed by atoms with E-state index in [0.29, 0.717) is 19.3 Å². The van der Waals surface area contributed by atoms with Crippen LogP contribution in [0.15, 0.2) is 24.3 Å². The van der Waals surface area contributed by atoms with Crippen LogP contribution in [0.2, 0.25) is 0 Å². The number of ether oxygens (including phenoxy) is 3. The first-order chi connectivity index (χ1) is 29.5. The number of hydrogen-bond acceptors (Lipinski definition) is 6. The van der Waals surface area contributed by atoms with Gasteiger partial charge in [0.1, 0.15) is 13.2 Å². The Balaban J connectivity index is 4.31. The molecule has 6 nitrogen and oxygen atoms in total. The van der Waals surface area contributed by atoms with Crippen LogP contribution in [0.1, 0.15) is 284 Å². The van der Waals surface area contributed by atoms with Crippen LogP contribution in [0.25, 0.3) is 0 Å². The normalized spacial score (nSPS) is 12.1. The van der Waals surface area contributed by atoms with Gasteiger partial charge in [0.2, 0.25) is 0 Å². The summed E-state index contributed by atoms with van der Waals surface area (Å²) in [6.45, 7) is 6.63. The molecule has 0 aliphatic carbocycles. The topological polar surface area (TPSA) is 78.9 Å². The largest absolute Gasteiger partial charge is 0.462 e. The molecule has 352 valence electrons. The van der Waals surface area contributed by atoms with E-state index in [4.69, 9.17) is 14.2 Å². The van der Waals surface area contributed by atoms with Gasteiger partial charge in [-0.1, -0.05) is 218 Å². The Labute approximate surface area is 373 Å². The molecule has 0 saturated heterocycles. The van der Waals surface area contributed by atoms with Crippen molar-refractivity contribution in [1.29, 1.82) is 0 Å². The zero-order chi connectivity index (χ0) is 43.7. The van der Waals surface area contributed by atoms with Crippen molar-refractivity contribution in [1.82, 2.24) is 0 Å². The second-order valence-electron chi connectivity index (χ2n) is 17.8. The molecule has 1 atom stereocenters. The van der Waals surface area contributed by atoms with Gasteiger partial charge >= 0.3 is 17.9 Å². The maximum Gasteiger partial charge on any atom is 0.306 e. The number of allylic oxidation sites excluding steroid dienone is 4. The molecule has 1 unspecified atom stereocenters. The van der Waals surface area contributed by atoms with Crippen molar-refractivity contribution in [2.75, 3.05) is 13.2 Å². The fraction of sp³-hybridized carbons (Fsp3) is 0.870. The lowest BCUT2D eigenvalue weighted by Gasteiger charge is -2.18. The summed E-state index contributed by atoms with van der Waals surface area (Å²) in [4.78, 5) is 37.9. The second-order valence-corrected chi connectivity index (χ2v) is 17.8. The van der Waals surface area contributed by atoms with Crippen molar-refractivity contribution in [2.45, 2.75) is 290 Å². The minimum absolute atomic E-state index is 0.0709. The highest BCUT2D eigenvalue weighted by Crippen LogP contribution is 2.15. The van der Waals surface area contributed by atoms with Gasteiger partial charge in [-0.05, 0) is 70.6 Å². The molecular formula is C54H100O6. The number of unbranched alkanes of at least 4 members (excludes halogenated alkanes) is 33. The molecule has 0 N–H and O–H groups in total. The summed E-state index contributed by atoms with van der Waals surface area (Å²) in [5, 5.41) is 0. The predicted octanol–water partition coefficient (Wildman–Crippen LogP) is 17.2. The van der Waals surface area contributed by atoms with E-state index in [2.05, 4.69) is 45.1 Å². The third-order valence-electron chi connectivity index (χ3n) is 11.7. The molecule has 60 heavy (non-hydrogen) atoms. The molecule has 0 aliphatic rings. The summed E-state index contributed by atoms with van der Waals surface area (Å²) in [6, 6.07) is 0. The quantitative estimate of drug-likeness (QED) is 0.0263. The Bertz CT molecular complexity index is 973. The van der Waals surface area contributed by atoms with E-state index >= 15 is 0 Å². The molecule has 0 fully saturated rings. The van der Waals surface area contributed by atoms with Gasteiger partial charge in [0, 0.05) is 19.3 Å². The SMILES string of the molecule is CCCCCC/C=C\CCCCCCCCCC(=O)OC(COC(=O)CCCCCCCCC/C=C\CCCCCCCC)COC(=O)CCCCCCCCCCCC. The molecular weight excluding hydrogens is 745 g/mol. The minimum Gasteiger partial charge on any atom is -0.462 e. The monoisotopic (exact) mass is 845 g/mol. The van der Waals surface area contributed by atoms with Crippen molar-refractivity contribution < 1.29 is 28.6 Å². The van der Waals surface area contributed by atoms with Gasteiger partial charge in [-0.25, -0.2) is 0 Å². The molecule has 0 amide bonds. The van der Waals surface area contributed by atoms with E-state index in [1.54, 1.807) is 0 Å². The second kappa shape index (κ2) is 49.5. The lowest BCUT2D eigenvalue weighted by molar-refractivity contribution is -0.167. The van der Waals surface area contributed by atoms with Gasteiger partial charge in [-0.3, -0.25) is 14.4 Å². The molecule has 0 aromatic rings. The van der Waals surface area contributed by atoms with Crippen molar-refractivity contribution in [3.05, 3.63) is 24.3 Å². The number of esters is 3. The summed E-state index contributed by atoms with van der Waals surface area (Å²) in [6.07, 6.45) is 55.9. The molecule has 0 spiro atoms. The van der Waals surface area contributed by atoms with Crippen LogP contribution >= 0.6 is 0 Å². The summed E-state index contributed by atoms with van der Waals surface area (Å²) in [5.41, 5.74) is 0. The summed E-state index contributed by atoms with van der Waals surface area (Å²) in [5.74, 6) is -0.869. The highest BCUT2D eigenvalue weighted by Gasteiger charge is 2.19. The number of carbonyl (C=O) groups is 3. The molecule has 0 radical (unpaired) electrons. The Hall–Kier alpha value is -2.11. The smallest absolute Gasteiger partial charge is 0.306 e. The Morgan fingerprint density at radius 2 is 0.550 bits per heavy atom. The van der Waals surface area contributed by atoms with Crippen molar-refractivity contribution in [3.8, 4) is 0 Å². The fourth-order valence-electron chi connectivity index (χ4n) is 7.67. The molecule has 0 aromatic carbocycles. The van der Waals surface area contributed by atoms with Crippen molar-refractivity contribution >= 4 is 17.9 Å². The van der Waals surface area contributed by atoms with E-state index in [1.165, 1.54) is 186 Å². The zero-order valence-corrected chi connectivity index (χ0v) is 40.2. The molecule has 0 rings (SSSR count). The van der Waals surface area contributed by atoms with Gasteiger partial charge in [0.15, 0.2) is 6.10 Å². The average molecular weight is 845 g/mol.